The predicted octanol–water partition coefficient (Wildman–Crippen LogP) is 3.76. The van der Waals surface area contributed by atoms with E-state index in [-0.39, 0.29) is 23.8 Å². The van der Waals surface area contributed by atoms with Crippen molar-refractivity contribution in [2.45, 2.75) is 90.7 Å². The molecule has 0 radical (unpaired) electrons. The van der Waals surface area contributed by atoms with Crippen LogP contribution in [0.4, 0.5) is 0 Å². The number of rotatable bonds is 9. The van der Waals surface area contributed by atoms with E-state index in [1.54, 1.807) is 0 Å². The Morgan fingerprint density at radius 1 is 1.21 bits per heavy atom. The highest BCUT2D eigenvalue weighted by atomic mass is 16.5. The third-order valence-corrected chi connectivity index (χ3v) is 4.76. The molecule has 1 saturated carbocycles. The molecular weight excluding hydrogens is 306 g/mol. The average Bonchev–Trinajstić information content (AvgIpc) is 2.51. The summed E-state index contributed by atoms with van der Waals surface area (Å²) >= 11 is 0. The van der Waals surface area contributed by atoms with Gasteiger partial charge in [-0.15, -0.1) is 0 Å². The van der Waals surface area contributed by atoms with Crippen molar-refractivity contribution in [1.29, 1.82) is 0 Å². The van der Waals surface area contributed by atoms with Crippen molar-refractivity contribution >= 4 is 11.9 Å². The van der Waals surface area contributed by atoms with Crippen molar-refractivity contribution in [2.75, 3.05) is 6.61 Å². The normalized spacial score (nSPS) is 18.8. The molecule has 0 aromatic rings. The van der Waals surface area contributed by atoms with E-state index in [1.807, 2.05) is 27.7 Å². The summed E-state index contributed by atoms with van der Waals surface area (Å²) in [4.78, 5) is 23.9. The zero-order chi connectivity index (χ0) is 18.2. The van der Waals surface area contributed by atoms with Gasteiger partial charge in [0.05, 0.1) is 5.60 Å². The van der Waals surface area contributed by atoms with Gasteiger partial charge in [0.1, 0.15) is 6.04 Å². The summed E-state index contributed by atoms with van der Waals surface area (Å²) in [5, 5.41) is 12.1. The van der Waals surface area contributed by atoms with Crippen molar-refractivity contribution < 1.29 is 19.4 Å². The summed E-state index contributed by atoms with van der Waals surface area (Å²) < 4.78 is 5.59. The second-order valence-corrected chi connectivity index (χ2v) is 7.99. The van der Waals surface area contributed by atoms with E-state index in [0.29, 0.717) is 12.5 Å². The molecule has 1 fully saturated rings. The third-order valence-electron chi connectivity index (χ3n) is 4.76. The topological polar surface area (TPSA) is 75.6 Å². The van der Waals surface area contributed by atoms with Crippen LogP contribution in [0.5, 0.6) is 0 Å². The molecular formula is C19H35NO4. The highest BCUT2D eigenvalue weighted by Crippen LogP contribution is 2.30. The molecule has 5 heteroatoms. The molecule has 0 spiro atoms. The molecule has 1 aliphatic carbocycles. The summed E-state index contributed by atoms with van der Waals surface area (Å²) in [6, 6.07) is -0.875. The summed E-state index contributed by atoms with van der Waals surface area (Å²) in [5.41, 5.74) is -0.306. The van der Waals surface area contributed by atoms with Gasteiger partial charge in [-0.3, -0.25) is 4.79 Å². The standard InChI is InChI=1S/C19H35NO4/c1-5-15(13-14-9-7-6-8-10-14)17(21)20-16(18(22)23)11-12-24-19(2,3)4/h14-16H,5-13H2,1-4H3,(H,20,21)(H,22,23). The lowest BCUT2D eigenvalue weighted by atomic mass is 9.81. The maximum Gasteiger partial charge on any atom is 0.326 e. The molecule has 0 aliphatic heterocycles. The van der Waals surface area contributed by atoms with Gasteiger partial charge in [-0.05, 0) is 39.5 Å². The first-order valence-corrected chi connectivity index (χ1v) is 9.40. The van der Waals surface area contributed by atoms with Crippen molar-refractivity contribution in [3.05, 3.63) is 0 Å². The van der Waals surface area contributed by atoms with Crippen molar-refractivity contribution in [3.8, 4) is 0 Å². The fourth-order valence-electron chi connectivity index (χ4n) is 3.31. The van der Waals surface area contributed by atoms with E-state index in [2.05, 4.69) is 5.32 Å². The summed E-state index contributed by atoms with van der Waals surface area (Å²) in [7, 11) is 0. The van der Waals surface area contributed by atoms with Crippen molar-refractivity contribution in [1.82, 2.24) is 5.32 Å². The SMILES string of the molecule is CCC(CC1CCCCC1)C(=O)NC(CCOC(C)(C)C)C(=O)O. The van der Waals surface area contributed by atoms with Crippen LogP contribution in [-0.4, -0.2) is 35.2 Å². The minimum absolute atomic E-state index is 0.0847. The number of carboxylic acid groups (broad SMARTS) is 1. The van der Waals surface area contributed by atoms with Gasteiger partial charge < -0.3 is 15.2 Å². The van der Waals surface area contributed by atoms with Crippen LogP contribution in [0.1, 0.15) is 79.1 Å². The first kappa shape index (κ1) is 20.9. The number of carbonyl (C=O) groups is 2. The highest BCUT2D eigenvalue weighted by Gasteiger charge is 2.27. The molecule has 140 valence electrons. The Kier molecular flexibility index (Phi) is 8.74. The van der Waals surface area contributed by atoms with Crippen LogP contribution < -0.4 is 5.32 Å². The van der Waals surface area contributed by atoms with Gasteiger partial charge in [0.25, 0.3) is 0 Å². The molecule has 2 N–H and O–H groups in total. The first-order chi connectivity index (χ1) is 11.2. The van der Waals surface area contributed by atoms with Gasteiger partial charge in [-0.1, -0.05) is 39.0 Å². The first-order valence-electron chi connectivity index (χ1n) is 9.40. The lowest BCUT2D eigenvalue weighted by Crippen LogP contribution is -2.44. The summed E-state index contributed by atoms with van der Waals surface area (Å²) in [6.07, 6.45) is 8.14. The Hall–Kier alpha value is -1.10. The number of ether oxygens (including phenoxy) is 1. The third kappa shape index (κ3) is 8.13. The van der Waals surface area contributed by atoms with Crippen LogP contribution in [0.25, 0.3) is 0 Å². The largest absolute Gasteiger partial charge is 0.480 e. The molecule has 1 rings (SSSR count). The summed E-state index contributed by atoms with van der Waals surface area (Å²) in [6.45, 7) is 8.11. The Morgan fingerprint density at radius 3 is 2.33 bits per heavy atom. The lowest BCUT2D eigenvalue weighted by Gasteiger charge is -2.27. The van der Waals surface area contributed by atoms with Crippen LogP contribution in [0, 0.1) is 11.8 Å². The number of aliphatic carboxylic acids is 1. The van der Waals surface area contributed by atoms with Gasteiger partial charge in [0.15, 0.2) is 0 Å². The number of carboxylic acids is 1. The predicted molar refractivity (Wildman–Crippen MR) is 94.9 cm³/mol. The lowest BCUT2D eigenvalue weighted by molar-refractivity contribution is -0.143. The van der Waals surface area contributed by atoms with Gasteiger partial charge in [0.2, 0.25) is 5.91 Å². The molecule has 0 heterocycles. The molecule has 0 bridgehead atoms. The molecule has 2 unspecified atom stereocenters. The van der Waals surface area contributed by atoms with E-state index in [0.717, 1.165) is 12.8 Å². The quantitative estimate of drug-likeness (QED) is 0.669. The van der Waals surface area contributed by atoms with Crippen LogP contribution in [0.2, 0.25) is 0 Å². The van der Waals surface area contributed by atoms with E-state index < -0.39 is 12.0 Å². The Morgan fingerprint density at radius 2 is 1.83 bits per heavy atom. The van der Waals surface area contributed by atoms with Crippen LogP contribution in [0.3, 0.4) is 0 Å². The molecule has 24 heavy (non-hydrogen) atoms. The average molecular weight is 341 g/mol. The van der Waals surface area contributed by atoms with Gasteiger partial charge in [-0.25, -0.2) is 4.79 Å². The van der Waals surface area contributed by atoms with Crippen molar-refractivity contribution in [2.24, 2.45) is 11.8 Å². The second kappa shape index (κ2) is 10.0. The van der Waals surface area contributed by atoms with Crippen LogP contribution >= 0.6 is 0 Å². The Labute approximate surface area is 146 Å². The number of hydrogen-bond acceptors (Lipinski definition) is 3. The van der Waals surface area contributed by atoms with E-state index in [4.69, 9.17) is 4.74 Å². The number of hydrogen-bond donors (Lipinski definition) is 2. The molecule has 0 aromatic heterocycles. The smallest absolute Gasteiger partial charge is 0.326 e. The fourth-order valence-corrected chi connectivity index (χ4v) is 3.31. The van der Waals surface area contributed by atoms with E-state index in [9.17, 15) is 14.7 Å². The monoisotopic (exact) mass is 341 g/mol. The van der Waals surface area contributed by atoms with Crippen LogP contribution in [0.15, 0.2) is 0 Å². The Bertz CT molecular complexity index is 397. The van der Waals surface area contributed by atoms with Gasteiger partial charge >= 0.3 is 5.97 Å². The zero-order valence-corrected chi connectivity index (χ0v) is 15.8. The fraction of sp³-hybridized carbons (Fsp3) is 0.895. The minimum Gasteiger partial charge on any atom is -0.480 e. The van der Waals surface area contributed by atoms with Gasteiger partial charge in [-0.2, -0.15) is 0 Å². The molecule has 1 amide bonds. The van der Waals surface area contributed by atoms with E-state index in [1.165, 1.54) is 32.1 Å². The highest BCUT2D eigenvalue weighted by molar-refractivity contribution is 5.84. The molecule has 2 atom stereocenters. The number of nitrogens with one attached hydrogen (secondary N) is 1. The number of carbonyl (C=O) groups excluding carboxylic acids is 1. The van der Waals surface area contributed by atoms with Crippen LogP contribution in [-0.2, 0) is 14.3 Å². The van der Waals surface area contributed by atoms with Crippen molar-refractivity contribution in [3.63, 3.8) is 0 Å². The molecule has 1 aliphatic rings. The maximum absolute atomic E-state index is 12.5. The summed E-state index contributed by atoms with van der Waals surface area (Å²) in [5.74, 6) is -0.583. The Balaban J connectivity index is 2.50. The minimum atomic E-state index is -0.992. The van der Waals surface area contributed by atoms with Gasteiger partial charge in [0, 0.05) is 18.9 Å². The zero-order valence-electron chi connectivity index (χ0n) is 15.8. The number of amides is 1. The molecule has 0 aromatic carbocycles. The maximum atomic E-state index is 12.5. The molecule has 5 nitrogen and oxygen atoms in total. The molecule has 0 saturated heterocycles. The second-order valence-electron chi connectivity index (χ2n) is 7.99. The van der Waals surface area contributed by atoms with E-state index >= 15 is 0 Å².